The first-order chi connectivity index (χ1) is 15.1. The van der Waals surface area contributed by atoms with Gasteiger partial charge in [-0.1, -0.05) is 42.0 Å². The molecule has 0 amide bonds. The van der Waals surface area contributed by atoms with E-state index in [4.69, 9.17) is 0 Å². The summed E-state index contributed by atoms with van der Waals surface area (Å²) in [4.78, 5) is 15.8. The summed E-state index contributed by atoms with van der Waals surface area (Å²) in [5.41, 5.74) is 4.39. The zero-order chi connectivity index (χ0) is 21.4. The molecule has 0 saturated heterocycles. The van der Waals surface area contributed by atoms with E-state index in [9.17, 15) is 10.1 Å². The van der Waals surface area contributed by atoms with Crippen LogP contribution in [-0.2, 0) is 0 Å². The van der Waals surface area contributed by atoms with E-state index < -0.39 is 4.92 Å². The molecule has 3 heterocycles. The Hall–Kier alpha value is -4.18. The molecule has 0 unspecified atom stereocenters. The molecule has 0 atom stereocenters. The van der Waals surface area contributed by atoms with Crippen LogP contribution < -0.4 is 5.32 Å². The fourth-order valence-corrected chi connectivity index (χ4v) is 3.93. The SMILES string of the molecule is Cc1ccc(-c2csc3nc(Nc4ccc(-c5cccc([N+](=O)[O-])c5)nn4)nn23)cc1. The summed E-state index contributed by atoms with van der Waals surface area (Å²) in [5.74, 6) is 0.891. The van der Waals surface area contributed by atoms with Gasteiger partial charge in [0.05, 0.1) is 16.3 Å². The van der Waals surface area contributed by atoms with Crippen LogP contribution in [0.2, 0.25) is 0 Å². The molecule has 0 spiro atoms. The first-order valence-corrected chi connectivity index (χ1v) is 10.2. The van der Waals surface area contributed by atoms with Gasteiger partial charge in [-0.15, -0.1) is 26.6 Å². The predicted molar refractivity (Wildman–Crippen MR) is 118 cm³/mol. The predicted octanol–water partition coefficient (Wildman–Crippen LogP) is 4.88. The third-order valence-electron chi connectivity index (χ3n) is 4.69. The average Bonchev–Trinajstić information content (AvgIpc) is 3.35. The molecule has 5 aromatic rings. The molecule has 0 bridgehead atoms. The number of aryl methyl sites for hydroxylation is 1. The average molecular weight is 429 g/mol. The lowest BCUT2D eigenvalue weighted by molar-refractivity contribution is -0.384. The van der Waals surface area contributed by atoms with Gasteiger partial charge in [-0.2, -0.15) is 4.98 Å². The smallest absolute Gasteiger partial charge is 0.270 e. The van der Waals surface area contributed by atoms with Crippen LogP contribution in [-0.4, -0.2) is 29.7 Å². The number of anilines is 2. The van der Waals surface area contributed by atoms with E-state index in [0.29, 0.717) is 23.0 Å². The lowest BCUT2D eigenvalue weighted by atomic mass is 10.1. The molecular formula is C21H15N7O2S. The molecule has 5 rings (SSSR count). The van der Waals surface area contributed by atoms with Crippen LogP contribution in [0.5, 0.6) is 0 Å². The molecule has 152 valence electrons. The first kappa shape index (κ1) is 18.8. The Kier molecular flexibility index (Phi) is 4.60. The molecule has 0 saturated carbocycles. The van der Waals surface area contributed by atoms with E-state index in [2.05, 4.69) is 56.8 Å². The van der Waals surface area contributed by atoms with E-state index in [-0.39, 0.29) is 5.69 Å². The molecule has 0 aliphatic rings. The van der Waals surface area contributed by atoms with Crippen LogP contribution in [0, 0.1) is 17.0 Å². The monoisotopic (exact) mass is 429 g/mol. The minimum atomic E-state index is -0.437. The molecule has 0 aliphatic heterocycles. The Morgan fingerprint density at radius 2 is 1.87 bits per heavy atom. The van der Waals surface area contributed by atoms with Crippen molar-refractivity contribution in [3.63, 3.8) is 0 Å². The maximum Gasteiger partial charge on any atom is 0.270 e. The Bertz CT molecular complexity index is 1390. The zero-order valence-corrected chi connectivity index (χ0v) is 17.1. The van der Waals surface area contributed by atoms with Gasteiger partial charge >= 0.3 is 0 Å². The van der Waals surface area contributed by atoms with Crippen molar-refractivity contribution in [2.24, 2.45) is 0 Å². The molecule has 31 heavy (non-hydrogen) atoms. The number of hydrogen-bond acceptors (Lipinski definition) is 8. The van der Waals surface area contributed by atoms with Gasteiger partial charge in [0.1, 0.15) is 0 Å². The van der Waals surface area contributed by atoms with E-state index in [1.807, 2.05) is 5.38 Å². The number of non-ortho nitro benzene ring substituents is 1. The number of nitro benzene ring substituents is 1. The highest BCUT2D eigenvalue weighted by molar-refractivity contribution is 7.15. The molecule has 0 aliphatic carbocycles. The summed E-state index contributed by atoms with van der Waals surface area (Å²) in [6.07, 6.45) is 0. The topological polar surface area (TPSA) is 111 Å². The third kappa shape index (κ3) is 3.71. The number of rotatable bonds is 5. The number of nitro groups is 1. The van der Waals surface area contributed by atoms with Gasteiger partial charge < -0.3 is 5.32 Å². The van der Waals surface area contributed by atoms with Crippen LogP contribution in [0.3, 0.4) is 0 Å². The van der Waals surface area contributed by atoms with Gasteiger partial charge in [0, 0.05) is 28.6 Å². The number of aromatic nitrogens is 5. The van der Waals surface area contributed by atoms with Crippen molar-refractivity contribution >= 4 is 33.8 Å². The van der Waals surface area contributed by atoms with Crippen molar-refractivity contribution in [1.29, 1.82) is 0 Å². The van der Waals surface area contributed by atoms with Gasteiger partial charge in [-0.3, -0.25) is 10.1 Å². The summed E-state index contributed by atoms with van der Waals surface area (Å²) < 4.78 is 1.79. The fraction of sp³-hybridized carbons (Fsp3) is 0.0476. The summed E-state index contributed by atoms with van der Waals surface area (Å²) in [6, 6.07) is 18.0. The minimum absolute atomic E-state index is 0.00756. The van der Waals surface area contributed by atoms with E-state index >= 15 is 0 Å². The minimum Gasteiger partial charge on any atom is -0.306 e. The number of thiazole rings is 1. The van der Waals surface area contributed by atoms with Crippen LogP contribution in [0.1, 0.15) is 5.56 Å². The number of nitrogens with zero attached hydrogens (tertiary/aromatic N) is 6. The van der Waals surface area contributed by atoms with Crippen LogP contribution in [0.4, 0.5) is 17.5 Å². The quantitative estimate of drug-likeness (QED) is 0.313. The van der Waals surface area contributed by atoms with Crippen LogP contribution in [0.15, 0.2) is 66.0 Å². The molecular weight excluding hydrogens is 414 g/mol. The maximum atomic E-state index is 11.0. The fourth-order valence-electron chi connectivity index (χ4n) is 3.10. The second kappa shape index (κ2) is 7.58. The molecule has 3 aromatic heterocycles. The Labute approximate surface area is 180 Å². The second-order valence-electron chi connectivity index (χ2n) is 6.85. The van der Waals surface area contributed by atoms with E-state index in [0.717, 1.165) is 16.2 Å². The molecule has 2 aromatic carbocycles. The van der Waals surface area contributed by atoms with E-state index in [1.54, 1.807) is 28.8 Å². The first-order valence-electron chi connectivity index (χ1n) is 9.34. The largest absolute Gasteiger partial charge is 0.306 e. The number of fused-ring (bicyclic) bond motifs is 1. The second-order valence-corrected chi connectivity index (χ2v) is 7.69. The highest BCUT2D eigenvalue weighted by Crippen LogP contribution is 2.27. The summed E-state index contributed by atoms with van der Waals surface area (Å²) in [7, 11) is 0. The molecule has 9 nitrogen and oxygen atoms in total. The molecule has 10 heteroatoms. The van der Waals surface area contributed by atoms with E-state index in [1.165, 1.54) is 29.0 Å². The van der Waals surface area contributed by atoms with Gasteiger partial charge in [0.15, 0.2) is 5.82 Å². The normalized spacial score (nSPS) is 11.0. The number of hydrogen-bond donors (Lipinski definition) is 1. The standard InChI is InChI=1S/C21H15N7O2S/c1-13-5-7-14(8-6-13)18-12-31-21-23-20(26-27(18)21)22-19-10-9-17(24-25-19)15-3-2-4-16(11-15)28(29)30/h2-12H,1H3,(H,22,25,26). The molecule has 1 N–H and O–H groups in total. The van der Waals surface area contributed by atoms with Crippen molar-refractivity contribution in [3.05, 3.63) is 81.7 Å². The summed E-state index contributed by atoms with van der Waals surface area (Å²) >= 11 is 1.51. The van der Waals surface area contributed by atoms with Gasteiger partial charge in [0.2, 0.25) is 10.9 Å². The van der Waals surface area contributed by atoms with Gasteiger partial charge in [0.25, 0.3) is 5.69 Å². The highest BCUT2D eigenvalue weighted by Gasteiger charge is 2.13. The Balaban J connectivity index is 1.38. The molecule has 0 fully saturated rings. The lowest BCUT2D eigenvalue weighted by Gasteiger charge is -2.03. The van der Waals surface area contributed by atoms with Crippen molar-refractivity contribution in [2.75, 3.05) is 5.32 Å². The third-order valence-corrected chi connectivity index (χ3v) is 5.50. The van der Waals surface area contributed by atoms with Gasteiger partial charge in [-0.05, 0) is 19.1 Å². The molecule has 0 radical (unpaired) electrons. The Morgan fingerprint density at radius 3 is 2.61 bits per heavy atom. The summed E-state index contributed by atoms with van der Waals surface area (Å²) in [5, 5.41) is 28.9. The maximum absolute atomic E-state index is 11.0. The van der Waals surface area contributed by atoms with Crippen LogP contribution in [0.25, 0.3) is 27.5 Å². The number of benzene rings is 2. The zero-order valence-electron chi connectivity index (χ0n) is 16.3. The van der Waals surface area contributed by atoms with Gasteiger partial charge in [-0.25, -0.2) is 4.52 Å². The van der Waals surface area contributed by atoms with Crippen molar-refractivity contribution in [1.82, 2.24) is 24.8 Å². The van der Waals surface area contributed by atoms with Crippen molar-refractivity contribution in [3.8, 4) is 22.5 Å². The highest BCUT2D eigenvalue weighted by atomic mass is 32.1. The van der Waals surface area contributed by atoms with Crippen LogP contribution >= 0.6 is 11.3 Å². The number of nitrogens with one attached hydrogen (secondary N) is 1. The van der Waals surface area contributed by atoms with Crippen molar-refractivity contribution in [2.45, 2.75) is 6.92 Å². The summed E-state index contributed by atoms with van der Waals surface area (Å²) in [6.45, 7) is 2.05. The lowest BCUT2D eigenvalue weighted by Crippen LogP contribution is -1.99. The van der Waals surface area contributed by atoms with Crippen molar-refractivity contribution < 1.29 is 4.92 Å². The Morgan fingerprint density at radius 1 is 1.03 bits per heavy atom.